The summed E-state index contributed by atoms with van der Waals surface area (Å²) in [7, 11) is 0. The van der Waals surface area contributed by atoms with E-state index in [4.69, 9.17) is 5.26 Å². The maximum Gasteiger partial charge on any atom is 0.322 e. The molecule has 2 aliphatic heterocycles. The Balaban J connectivity index is 1.25. The molecule has 39 heavy (non-hydrogen) atoms. The van der Waals surface area contributed by atoms with Crippen molar-refractivity contribution in [2.24, 2.45) is 0 Å². The number of rotatable bonds is 8. The van der Waals surface area contributed by atoms with Gasteiger partial charge in [-0.3, -0.25) is 19.7 Å². The molecule has 2 aliphatic rings. The number of amides is 2. The van der Waals surface area contributed by atoms with Crippen LogP contribution in [-0.2, 0) is 19.6 Å². The number of carbonyl (C=O) groups is 1. The number of nitriles is 1. The molecule has 2 saturated heterocycles. The Morgan fingerprint density at radius 3 is 2.26 bits per heavy atom. The summed E-state index contributed by atoms with van der Waals surface area (Å²) in [6.07, 6.45) is 7.33. The molecule has 5 rings (SSSR count). The molecule has 7 nitrogen and oxygen atoms in total. The zero-order valence-corrected chi connectivity index (χ0v) is 22.6. The third-order valence-corrected chi connectivity index (χ3v) is 7.84. The number of hydrogen-bond acceptors (Lipinski definition) is 5. The molecule has 0 bridgehead atoms. The van der Waals surface area contributed by atoms with Gasteiger partial charge >= 0.3 is 6.03 Å². The highest BCUT2D eigenvalue weighted by molar-refractivity contribution is 5.92. The van der Waals surface area contributed by atoms with Crippen molar-refractivity contribution in [3.63, 3.8) is 0 Å². The summed E-state index contributed by atoms with van der Waals surface area (Å²) >= 11 is 0. The molecule has 2 aromatic carbocycles. The van der Waals surface area contributed by atoms with Gasteiger partial charge < -0.3 is 5.32 Å². The second-order valence-electron chi connectivity index (χ2n) is 10.7. The van der Waals surface area contributed by atoms with E-state index in [1.54, 1.807) is 6.20 Å². The molecule has 2 amide bonds. The number of nitrogens with one attached hydrogen (secondary N) is 1. The first kappa shape index (κ1) is 26.9. The predicted molar refractivity (Wildman–Crippen MR) is 154 cm³/mol. The number of aromatic nitrogens is 1. The van der Waals surface area contributed by atoms with Gasteiger partial charge in [-0.15, -0.1) is 0 Å². The Hall–Kier alpha value is -3.73. The van der Waals surface area contributed by atoms with Crippen LogP contribution in [0.2, 0.25) is 0 Å². The van der Waals surface area contributed by atoms with Crippen LogP contribution in [0.3, 0.4) is 0 Å². The van der Waals surface area contributed by atoms with Crippen LogP contribution in [0, 0.1) is 11.3 Å². The fraction of sp³-hybridized carbons (Fsp3) is 0.406. The fourth-order valence-electron chi connectivity index (χ4n) is 5.64. The van der Waals surface area contributed by atoms with E-state index in [9.17, 15) is 4.79 Å². The quantitative estimate of drug-likeness (QED) is 0.433. The lowest BCUT2D eigenvalue weighted by atomic mass is 10.0. The van der Waals surface area contributed by atoms with Gasteiger partial charge in [0, 0.05) is 50.6 Å². The zero-order valence-electron chi connectivity index (χ0n) is 22.6. The van der Waals surface area contributed by atoms with Gasteiger partial charge in [-0.1, -0.05) is 48.9 Å². The van der Waals surface area contributed by atoms with Crippen LogP contribution in [0.15, 0.2) is 72.9 Å². The molecule has 3 aromatic rings. The maximum atomic E-state index is 13.6. The topological polar surface area (TPSA) is 75.5 Å². The number of piperidine rings is 2. The van der Waals surface area contributed by atoms with Gasteiger partial charge in [0.25, 0.3) is 0 Å². The first-order chi connectivity index (χ1) is 19.2. The highest BCUT2D eigenvalue weighted by Gasteiger charge is 2.29. The summed E-state index contributed by atoms with van der Waals surface area (Å²) in [5, 5.41) is 12.2. The van der Waals surface area contributed by atoms with Crippen molar-refractivity contribution in [1.29, 1.82) is 5.26 Å². The molecule has 0 radical (unpaired) electrons. The van der Waals surface area contributed by atoms with Gasteiger partial charge in [-0.05, 0) is 74.2 Å². The summed E-state index contributed by atoms with van der Waals surface area (Å²) in [5.41, 5.74) is 4.89. The molecule has 0 aliphatic carbocycles. The zero-order chi connectivity index (χ0) is 26.9. The smallest absolute Gasteiger partial charge is 0.322 e. The number of hydrogen-bond donors (Lipinski definition) is 1. The molecular formula is C32H38N6O. The average Bonchev–Trinajstić information content (AvgIpc) is 2.99. The molecule has 7 heteroatoms. The van der Waals surface area contributed by atoms with Gasteiger partial charge in [0.1, 0.15) is 6.07 Å². The Morgan fingerprint density at radius 1 is 0.872 bits per heavy atom. The molecule has 0 spiro atoms. The number of urea groups is 1. The summed E-state index contributed by atoms with van der Waals surface area (Å²) < 4.78 is 0. The molecule has 0 saturated carbocycles. The van der Waals surface area contributed by atoms with Crippen molar-refractivity contribution in [3.05, 3.63) is 95.3 Å². The maximum absolute atomic E-state index is 13.6. The fourth-order valence-corrected chi connectivity index (χ4v) is 5.64. The largest absolute Gasteiger partial charge is 0.334 e. The molecule has 0 unspecified atom stereocenters. The van der Waals surface area contributed by atoms with E-state index >= 15 is 0 Å². The second-order valence-corrected chi connectivity index (χ2v) is 10.7. The standard InChI is InChI=1S/C32H38N6O/c33-21-28-9-12-29(34-23-28)25-37-19-15-31(16-20-37)38(32(39)35-22-26-7-3-1-4-8-26)30-13-10-27(11-14-30)24-36-17-5-2-6-18-36/h1,3-4,7-14,23,31H,2,5-6,15-20,22,24-25H2,(H,35,39). The lowest BCUT2D eigenvalue weighted by Gasteiger charge is -2.38. The van der Waals surface area contributed by atoms with Crippen molar-refractivity contribution in [2.45, 2.75) is 57.8 Å². The van der Waals surface area contributed by atoms with Crippen molar-refractivity contribution >= 4 is 11.7 Å². The lowest BCUT2D eigenvalue weighted by molar-refractivity contribution is 0.195. The number of benzene rings is 2. The Bertz CT molecular complexity index is 1220. The Morgan fingerprint density at radius 2 is 1.59 bits per heavy atom. The van der Waals surface area contributed by atoms with Crippen molar-refractivity contribution < 1.29 is 4.79 Å². The van der Waals surface area contributed by atoms with Gasteiger partial charge in [0.2, 0.25) is 0 Å². The van der Waals surface area contributed by atoms with E-state index in [-0.39, 0.29) is 12.1 Å². The van der Waals surface area contributed by atoms with E-state index in [1.807, 2.05) is 47.4 Å². The van der Waals surface area contributed by atoms with Crippen LogP contribution in [0.5, 0.6) is 0 Å². The van der Waals surface area contributed by atoms with E-state index in [0.717, 1.165) is 56.0 Å². The number of carbonyl (C=O) groups excluding carboxylic acids is 1. The van der Waals surface area contributed by atoms with Gasteiger partial charge in [0.05, 0.1) is 11.3 Å². The summed E-state index contributed by atoms with van der Waals surface area (Å²) in [6.45, 7) is 6.36. The van der Waals surface area contributed by atoms with Crippen LogP contribution in [0.4, 0.5) is 10.5 Å². The predicted octanol–water partition coefficient (Wildman–Crippen LogP) is 5.32. The lowest BCUT2D eigenvalue weighted by Crippen LogP contribution is -2.50. The molecule has 1 N–H and O–H groups in total. The number of pyridine rings is 1. The Labute approximate surface area is 232 Å². The molecule has 0 atom stereocenters. The van der Waals surface area contributed by atoms with Crippen LogP contribution in [0.25, 0.3) is 0 Å². The summed E-state index contributed by atoms with van der Waals surface area (Å²) in [4.78, 5) is 24.9. The van der Waals surface area contributed by atoms with Crippen LogP contribution < -0.4 is 10.2 Å². The first-order valence-corrected chi connectivity index (χ1v) is 14.2. The van der Waals surface area contributed by atoms with E-state index in [1.165, 1.54) is 37.9 Å². The summed E-state index contributed by atoms with van der Waals surface area (Å²) in [6, 6.07) is 24.6. The van der Waals surface area contributed by atoms with Crippen LogP contribution in [-0.4, -0.2) is 53.0 Å². The summed E-state index contributed by atoms with van der Waals surface area (Å²) in [5.74, 6) is 0. The highest BCUT2D eigenvalue weighted by atomic mass is 16.2. The third kappa shape index (κ3) is 7.44. The Kier molecular flexibility index (Phi) is 9.21. The van der Waals surface area contributed by atoms with Gasteiger partial charge in [0.15, 0.2) is 0 Å². The second kappa shape index (κ2) is 13.4. The van der Waals surface area contributed by atoms with E-state index < -0.39 is 0 Å². The van der Waals surface area contributed by atoms with E-state index in [2.05, 4.69) is 50.4 Å². The minimum absolute atomic E-state index is 0.0464. The molecule has 1 aromatic heterocycles. The number of likely N-dealkylation sites (tertiary alicyclic amines) is 2. The van der Waals surface area contributed by atoms with Crippen LogP contribution >= 0.6 is 0 Å². The highest BCUT2D eigenvalue weighted by Crippen LogP contribution is 2.26. The average molecular weight is 523 g/mol. The van der Waals surface area contributed by atoms with Crippen molar-refractivity contribution in [3.8, 4) is 6.07 Å². The molecule has 202 valence electrons. The SMILES string of the molecule is N#Cc1ccc(CN2CCC(N(C(=O)NCc3ccccc3)c3ccc(CN4CCCCC4)cc3)CC2)nc1. The number of nitrogens with zero attached hydrogens (tertiary/aromatic N) is 5. The first-order valence-electron chi connectivity index (χ1n) is 14.2. The van der Waals surface area contributed by atoms with Gasteiger partial charge in [-0.25, -0.2) is 4.79 Å². The normalized spacial score (nSPS) is 16.9. The van der Waals surface area contributed by atoms with Gasteiger partial charge in [-0.2, -0.15) is 5.26 Å². The monoisotopic (exact) mass is 522 g/mol. The number of anilines is 1. The van der Waals surface area contributed by atoms with E-state index in [0.29, 0.717) is 12.1 Å². The molecular weight excluding hydrogens is 484 g/mol. The minimum atomic E-state index is -0.0464. The van der Waals surface area contributed by atoms with Crippen molar-refractivity contribution in [1.82, 2.24) is 20.1 Å². The van der Waals surface area contributed by atoms with Crippen LogP contribution in [0.1, 0.15) is 54.5 Å². The minimum Gasteiger partial charge on any atom is -0.334 e. The third-order valence-electron chi connectivity index (χ3n) is 7.84. The molecule has 3 heterocycles. The van der Waals surface area contributed by atoms with Crippen molar-refractivity contribution in [2.75, 3.05) is 31.1 Å². The molecule has 2 fully saturated rings.